The zero-order chi connectivity index (χ0) is 28.3. The van der Waals surface area contributed by atoms with Gasteiger partial charge in [-0.2, -0.15) is 4.98 Å². The number of aromatic hydroxyl groups is 1. The molecule has 4 aromatic rings. The SMILES string of the molecule is C=CC(=O)N1CCN2c3nc(=O)n(-c4scnc4C(C)C)c4nc(-c5c(O)cccc5F)c(Cl)c(c34)OC[C@H]2C1. The number of anilines is 1. The van der Waals surface area contributed by atoms with Crippen LogP contribution >= 0.6 is 22.9 Å². The maximum atomic E-state index is 15.1. The van der Waals surface area contributed by atoms with E-state index in [1.54, 1.807) is 10.4 Å². The van der Waals surface area contributed by atoms with E-state index in [0.29, 0.717) is 41.5 Å². The fraction of sp³-hybridized carbons (Fsp3) is 0.296. The molecule has 0 radical (unpaired) electrons. The van der Waals surface area contributed by atoms with E-state index in [9.17, 15) is 14.7 Å². The van der Waals surface area contributed by atoms with Crippen molar-refractivity contribution in [2.45, 2.75) is 25.8 Å². The standard InChI is InChI=1S/C27H24ClFN6O4S/c1-4-17(37)33-8-9-34-14(10-33)11-39-23-19-24(34)32-27(38)35(26-21(13(2)3)30-12-40-26)25(19)31-22(20(23)28)18-15(29)6-5-7-16(18)36/h4-7,12-14,36H,1,8-11H2,2-3H3/t14-/m1/s1. The van der Waals surface area contributed by atoms with Crippen molar-refractivity contribution in [1.82, 2.24) is 24.4 Å². The summed E-state index contributed by atoms with van der Waals surface area (Å²) in [5, 5.41) is 11.5. The summed E-state index contributed by atoms with van der Waals surface area (Å²) in [6, 6.07) is 3.53. The molecule has 3 aromatic heterocycles. The highest BCUT2D eigenvalue weighted by atomic mass is 35.5. The Labute approximate surface area is 236 Å². The highest BCUT2D eigenvalue weighted by Gasteiger charge is 2.37. The number of phenolic OH excluding ortho intramolecular Hbond substituents is 1. The Bertz CT molecular complexity index is 1740. The zero-order valence-corrected chi connectivity index (χ0v) is 23.2. The van der Waals surface area contributed by atoms with Crippen molar-refractivity contribution in [3.05, 3.63) is 63.4 Å². The monoisotopic (exact) mass is 582 g/mol. The zero-order valence-electron chi connectivity index (χ0n) is 21.6. The Hall–Kier alpha value is -4.03. The van der Waals surface area contributed by atoms with E-state index in [4.69, 9.17) is 21.3 Å². The summed E-state index contributed by atoms with van der Waals surface area (Å²) in [6.45, 7) is 8.67. The average Bonchev–Trinajstić information content (AvgIpc) is 3.35. The van der Waals surface area contributed by atoms with Gasteiger partial charge in [0.2, 0.25) is 5.91 Å². The van der Waals surface area contributed by atoms with Crippen LogP contribution in [0.1, 0.15) is 25.5 Å². The number of hydrogen-bond acceptors (Lipinski definition) is 9. The summed E-state index contributed by atoms with van der Waals surface area (Å²) in [5.41, 5.74) is 1.54. The van der Waals surface area contributed by atoms with E-state index in [1.165, 1.54) is 40.2 Å². The Kier molecular flexibility index (Phi) is 6.46. The number of aromatic nitrogens is 4. The number of hydrogen-bond donors (Lipinski definition) is 1. The van der Waals surface area contributed by atoms with Gasteiger partial charge in [0, 0.05) is 19.6 Å². The second-order valence-electron chi connectivity index (χ2n) is 9.83. The van der Waals surface area contributed by atoms with Crippen LogP contribution in [0.2, 0.25) is 5.02 Å². The quantitative estimate of drug-likeness (QED) is 0.358. The fourth-order valence-corrected chi connectivity index (χ4v) is 6.45. The highest BCUT2D eigenvalue weighted by molar-refractivity contribution is 7.12. The average molecular weight is 583 g/mol. The molecule has 0 saturated carbocycles. The van der Waals surface area contributed by atoms with Gasteiger partial charge in [-0.25, -0.2) is 23.7 Å². The topological polar surface area (TPSA) is 114 Å². The number of thiazole rings is 1. The summed E-state index contributed by atoms with van der Waals surface area (Å²) in [5.74, 6) is -0.861. The van der Waals surface area contributed by atoms with Crippen molar-refractivity contribution >= 4 is 45.7 Å². The number of halogens is 2. The van der Waals surface area contributed by atoms with Gasteiger partial charge in [-0.05, 0) is 24.1 Å². The van der Waals surface area contributed by atoms with Crippen LogP contribution in [0.5, 0.6) is 11.5 Å². The first-order valence-electron chi connectivity index (χ1n) is 12.6. The normalized spacial score (nSPS) is 16.6. The minimum Gasteiger partial charge on any atom is -0.507 e. The van der Waals surface area contributed by atoms with Crippen molar-refractivity contribution in [3.63, 3.8) is 0 Å². The van der Waals surface area contributed by atoms with Crippen LogP contribution in [0, 0.1) is 5.82 Å². The molecule has 10 nitrogen and oxygen atoms in total. The molecular formula is C27H24ClFN6O4S. The molecule has 1 fully saturated rings. The fourth-order valence-electron chi connectivity index (χ4n) is 5.22. The molecule has 0 aliphatic carbocycles. The van der Waals surface area contributed by atoms with Gasteiger partial charge in [-0.3, -0.25) is 4.79 Å². The number of phenols is 1. The third-order valence-corrected chi connectivity index (χ3v) is 8.30. The molecule has 1 N–H and O–H groups in total. The predicted molar refractivity (Wildman–Crippen MR) is 150 cm³/mol. The third kappa shape index (κ3) is 4.01. The molecule has 13 heteroatoms. The lowest BCUT2D eigenvalue weighted by Gasteiger charge is -2.40. The number of ether oxygens (including phenoxy) is 1. The number of benzene rings is 1. The number of carbonyl (C=O) groups is 1. The lowest BCUT2D eigenvalue weighted by molar-refractivity contribution is -0.126. The first-order valence-corrected chi connectivity index (χ1v) is 13.9. The Morgan fingerprint density at radius 2 is 2.12 bits per heavy atom. The van der Waals surface area contributed by atoms with Crippen molar-refractivity contribution in [2.24, 2.45) is 0 Å². The highest BCUT2D eigenvalue weighted by Crippen LogP contribution is 2.47. The molecule has 5 heterocycles. The van der Waals surface area contributed by atoms with E-state index in [2.05, 4.69) is 16.5 Å². The van der Waals surface area contributed by atoms with E-state index in [-0.39, 0.29) is 57.9 Å². The van der Waals surface area contributed by atoms with Crippen LogP contribution in [0.15, 0.2) is 41.2 Å². The van der Waals surface area contributed by atoms with Crippen molar-refractivity contribution in [1.29, 1.82) is 0 Å². The first kappa shape index (κ1) is 26.2. The summed E-state index contributed by atoms with van der Waals surface area (Å²) >= 11 is 8.11. The molecule has 6 rings (SSSR count). The van der Waals surface area contributed by atoms with Gasteiger partial charge >= 0.3 is 5.69 Å². The number of pyridine rings is 1. The summed E-state index contributed by atoms with van der Waals surface area (Å²) in [4.78, 5) is 43.4. The third-order valence-electron chi connectivity index (χ3n) is 7.12. The molecule has 0 bridgehead atoms. The molecule has 2 aliphatic heterocycles. The summed E-state index contributed by atoms with van der Waals surface area (Å²) < 4.78 is 22.7. The van der Waals surface area contributed by atoms with Crippen LogP contribution in [0.3, 0.4) is 0 Å². The number of piperazine rings is 1. The van der Waals surface area contributed by atoms with Gasteiger partial charge in [0.05, 0.1) is 22.8 Å². The smallest absolute Gasteiger partial charge is 0.356 e. The molecule has 40 heavy (non-hydrogen) atoms. The van der Waals surface area contributed by atoms with Crippen molar-refractivity contribution in [2.75, 3.05) is 31.1 Å². The minimum atomic E-state index is -0.741. The Balaban J connectivity index is 1.68. The number of nitrogens with zero attached hydrogens (tertiary/aromatic N) is 6. The largest absolute Gasteiger partial charge is 0.507 e. The van der Waals surface area contributed by atoms with E-state index in [1.807, 2.05) is 18.7 Å². The van der Waals surface area contributed by atoms with Gasteiger partial charge in [-0.1, -0.05) is 38.1 Å². The van der Waals surface area contributed by atoms with Gasteiger partial charge in [0.15, 0.2) is 11.4 Å². The lowest BCUT2D eigenvalue weighted by Crippen LogP contribution is -2.56. The molecule has 1 atom stereocenters. The van der Waals surface area contributed by atoms with Crippen LogP contribution in [0.25, 0.3) is 27.3 Å². The molecule has 0 unspecified atom stereocenters. The first-order chi connectivity index (χ1) is 19.2. The molecular weight excluding hydrogens is 559 g/mol. The Morgan fingerprint density at radius 1 is 1.32 bits per heavy atom. The number of fused-ring (bicyclic) bond motifs is 2. The van der Waals surface area contributed by atoms with Gasteiger partial charge in [-0.15, -0.1) is 11.3 Å². The second-order valence-corrected chi connectivity index (χ2v) is 11.0. The van der Waals surface area contributed by atoms with E-state index >= 15 is 4.39 Å². The summed E-state index contributed by atoms with van der Waals surface area (Å²) in [7, 11) is 0. The maximum Gasteiger partial charge on any atom is 0.356 e. The number of carbonyl (C=O) groups excluding carboxylic acids is 1. The number of amides is 1. The van der Waals surface area contributed by atoms with Crippen LogP contribution < -0.4 is 15.3 Å². The van der Waals surface area contributed by atoms with Crippen molar-refractivity contribution < 1.29 is 19.0 Å². The van der Waals surface area contributed by atoms with E-state index in [0.717, 1.165) is 0 Å². The van der Waals surface area contributed by atoms with E-state index < -0.39 is 11.5 Å². The maximum absolute atomic E-state index is 15.1. The number of rotatable bonds is 4. The van der Waals surface area contributed by atoms with Crippen LogP contribution in [-0.4, -0.2) is 67.7 Å². The van der Waals surface area contributed by atoms with Crippen molar-refractivity contribution in [3.8, 4) is 27.8 Å². The van der Waals surface area contributed by atoms with Gasteiger partial charge in [0.25, 0.3) is 0 Å². The van der Waals surface area contributed by atoms with Crippen LogP contribution in [0.4, 0.5) is 10.2 Å². The minimum absolute atomic E-state index is 0.0171. The van der Waals surface area contributed by atoms with Gasteiger partial charge in [0.1, 0.15) is 45.1 Å². The van der Waals surface area contributed by atoms with Gasteiger partial charge < -0.3 is 19.6 Å². The van der Waals surface area contributed by atoms with Crippen LogP contribution in [-0.2, 0) is 4.79 Å². The lowest BCUT2D eigenvalue weighted by atomic mass is 10.1. The molecule has 1 aromatic carbocycles. The molecule has 1 amide bonds. The molecule has 206 valence electrons. The molecule has 2 aliphatic rings. The summed E-state index contributed by atoms with van der Waals surface area (Å²) in [6.07, 6.45) is 1.26. The molecule has 1 saturated heterocycles. The second kappa shape index (κ2) is 9.86. The Morgan fingerprint density at radius 3 is 2.85 bits per heavy atom. The predicted octanol–water partition coefficient (Wildman–Crippen LogP) is 4.12. The molecule has 0 spiro atoms.